The lowest BCUT2D eigenvalue weighted by Crippen LogP contribution is -1.74. The van der Waals surface area contributed by atoms with Gasteiger partial charge in [-0.15, -0.1) is 0 Å². The first-order valence-electron chi connectivity index (χ1n) is 2.07. The van der Waals surface area contributed by atoms with E-state index < -0.39 is 0 Å². The molecular weight excluding hydrogens is 112 g/mol. The van der Waals surface area contributed by atoms with E-state index in [0.29, 0.717) is 5.22 Å². The quantitative estimate of drug-likeness (QED) is 0.507. The summed E-state index contributed by atoms with van der Waals surface area (Å²) in [5, 5.41) is 0.419. The third-order valence-corrected chi connectivity index (χ3v) is 0.765. The van der Waals surface area contributed by atoms with Crippen molar-refractivity contribution in [1.82, 2.24) is 0 Å². The largest absolute Gasteiger partial charge is 0.476 e. The fourth-order valence-corrected chi connectivity index (χ4v) is 0.270. The molecule has 0 bridgehead atoms. The van der Waals surface area contributed by atoms with Crippen LogP contribution in [0.5, 0.6) is 0 Å². The van der Waals surface area contributed by atoms with Crippen LogP contribution in [-0.4, -0.2) is 0 Å². The topological polar surface area (TPSA) is 9.23 Å². The van der Waals surface area contributed by atoms with Crippen molar-refractivity contribution in [3.05, 3.63) is 17.9 Å². The van der Waals surface area contributed by atoms with Crippen molar-refractivity contribution in [2.45, 2.75) is 13.8 Å². The Morgan fingerprint density at radius 1 is 1.57 bits per heavy atom. The highest BCUT2D eigenvalue weighted by Crippen LogP contribution is 2.02. The minimum atomic E-state index is 0.419. The van der Waals surface area contributed by atoms with Crippen molar-refractivity contribution in [3.63, 3.8) is 0 Å². The summed E-state index contributed by atoms with van der Waals surface area (Å²) in [5.74, 6) is 0. The molecule has 2 heteroatoms. The maximum absolute atomic E-state index is 5.37. The molecule has 0 aromatic rings. The van der Waals surface area contributed by atoms with Crippen LogP contribution in [0.15, 0.2) is 11.3 Å². The van der Waals surface area contributed by atoms with Crippen LogP contribution in [0.1, 0.15) is 13.8 Å². The molecular formula is C5H8ClO. The Balaban J connectivity index is 3.17. The second kappa shape index (κ2) is 4.00. The zero-order chi connectivity index (χ0) is 5.70. The lowest BCUT2D eigenvalue weighted by Gasteiger charge is -1.94. The standard InChI is InChI=1S/C5H8ClO/c1-3-5(6)7-4-2/h3-4H,1-2H3/b5-3-. The molecule has 0 fully saturated rings. The fourth-order valence-electron chi connectivity index (χ4n) is 0.181. The number of ether oxygens (including phenoxy) is 1. The molecule has 0 aliphatic carbocycles. The highest BCUT2D eigenvalue weighted by Gasteiger charge is 1.82. The molecule has 0 aliphatic rings. The highest BCUT2D eigenvalue weighted by molar-refractivity contribution is 6.28. The van der Waals surface area contributed by atoms with E-state index in [1.165, 1.54) is 6.61 Å². The first-order chi connectivity index (χ1) is 3.31. The summed E-state index contributed by atoms with van der Waals surface area (Å²) in [6.07, 6.45) is 1.68. The van der Waals surface area contributed by atoms with E-state index in [1.54, 1.807) is 13.0 Å². The van der Waals surface area contributed by atoms with Gasteiger partial charge in [0.15, 0.2) is 5.22 Å². The van der Waals surface area contributed by atoms with E-state index in [9.17, 15) is 0 Å². The third kappa shape index (κ3) is 3.67. The van der Waals surface area contributed by atoms with Crippen LogP contribution in [-0.2, 0) is 4.74 Å². The maximum Gasteiger partial charge on any atom is 0.182 e. The molecule has 0 aromatic carbocycles. The van der Waals surface area contributed by atoms with Gasteiger partial charge in [0.2, 0.25) is 0 Å². The summed E-state index contributed by atoms with van der Waals surface area (Å²) in [7, 11) is 0. The van der Waals surface area contributed by atoms with Gasteiger partial charge >= 0.3 is 0 Å². The molecule has 0 aromatic heterocycles. The van der Waals surface area contributed by atoms with Gasteiger partial charge in [-0.1, -0.05) is 0 Å². The first kappa shape index (κ1) is 6.83. The second-order valence-electron chi connectivity index (χ2n) is 0.946. The molecule has 0 spiro atoms. The highest BCUT2D eigenvalue weighted by atomic mass is 35.5. The van der Waals surface area contributed by atoms with Gasteiger partial charge in [0, 0.05) is 0 Å². The Kier molecular flexibility index (Phi) is 3.90. The van der Waals surface area contributed by atoms with Gasteiger partial charge in [0.25, 0.3) is 0 Å². The van der Waals surface area contributed by atoms with Crippen molar-refractivity contribution in [3.8, 4) is 0 Å². The normalized spacial score (nSPS) is 11.6. The van der Waals surface area contributed by atoms with Crippen molar-refractivity contribution in [2.75, 3.05) is 0 Å². The van der Waals surface area contributed by atoms with Crippen molar-refractivity contribution in [1.29, 1.82) is 0 Å². The SMILES string of the molecule is C[CH]O/C(Cl)=C\C. The number of rotatable bonds is 2. The predicted octanol–water partition coefficient (Wildman–Crippen LogP) is 2.28. The molecule has 1 radical (unpaired) electrons. The smallest absolute Gasteiger partial charge is 0.182 e. The number of hydrogen-bond donors (Lipinski definition) is 0. The monoisotopic (exact) mass is 119 g/mol. The summed E-state index contributed by atoms with van der Waals surface area (Å²) in [5.41, 5.74) is 0. The van der Waals surface area contributed by atoms with Gasteiger partial charge in [-0.05, 0) is 31.5 Å². The molecule has 41 valence electrons. The molecule has 1 nitrogen and oxygen atoms in total. The van der Waals surface area contributed by atoms with E-state index in [4.69, 9.17) is 16.3 Å². The van der Waals surface area contributed by atoms with Gasteiger partial charge in [-0.3, -0.25) is 0 Å². The van der Waals surface area contributed by atoms with Gasteiger partial charge in [0.05, 0.1) is 0 Å². The molecule has 0 atom stereocenters. The Bertz CT molecular complexity index is 68.5. The first-order valence-corrected chi connectivity index (χ1v) is 2.45. The molecule has 0 aliphatic heterocycles. The molecule has 0 amide bonds. The minimum absolute atomic E-state index is 0.419. The zero-order valence-electron chi connectivity index (χ0n) is 4.44. The van der Waals surface area contributed by atoms with Crippen molar-refractivity contribution >= 4 is 11.6 Å². The molecule has 0 heterocycles. The number of allylic oxidation sites excluding steroid dienone is 1. The summed E-state index contributed by atoms with van der Waals surface area (Å²) >= 11 is 5.37. The molecule has 7 heavy (non-hydrogen) atoms. The van der Waals surface area contributed by atoms with E-state index in [2.05, 4.69) is 0 Å². The van der Waals surface area contributed by atoms with E-state index >= 15 is 0 Å². The Labute approximate surface area is 48.9 Å². The number of hydrogen-bond acceptors (Lipinski definition) is 1. The van der Waals surface area contributed by atoms with Crippen LogP contribution in [0, 0.1) is 6.61 Å². The van der Waals surface area contributed by atoms with Gasteiger partial charge < -0.3 is 4.74 Å². The predicted molar refractivity (Wildman–Crippen MR) is 30.7 cm³/mol. The average Bonchev–Trinajstić information content (AvgIpc) is 1.68. The van der Waals surface area contributed by atoms with E-state index in [0.717, 1.165) is 0 Å². The van der Waals surface area contributed by atoms with Crippen LogP contribution < -0.4 is 0 Å². The Hall–Kier alpha value is -0.170. The summed E-state index contributed by atoms with van der Waals surface area (Å²) in [6.45, 7) is 5.11. The van der Waals surface area contributed by atoms with Gasteiger partial charge in [-0.2, -0.15) is 0 Å². The summed E-state index contributed by atoms with van der Waals surface area (Å²) in [6, 6.07) is 0. The van der Waals surface area contributed by atoms with Crippen LogP contribution in [0.3, 0.4) is 0 Å². The summed E-state index contributed by atoms with van der Waals surface area (Å²) in [4.78, 5) is 0. The van der Waals surface area contributed by atoms with E-state index in [-0.39, 0.29) is 0 Å². The Morgan fingerprint density at radius 3 is 2.29 bits per heavy atom. The van der Waals surface area contributed by atoms with Crippen LogP contribution >= 0.6 is 11.6 Å². The second-order valence-corrected chi connectivity index (χ2v) is 1.32. The molecule has 0 saturated carbocycles. The van der Waals surface area contributed by atoms with Crippen molar-refractivity contribution < 1.29 is 4.74 Å². The maximum atomic E-state index is 5.37. The lowest BCUT2D eigenvalue weighted by molar-refractivity contribution is 0.325. The molecule has 0 saturated heterocycles. The average molecular weight is 120 g/mol. The fraction of sp³-hybridized carbons (Fsp3) is 0.400. The zero-order valence-corrected chi connectivity index (χ0v) is 5.20. The minimum Gasteiger partial charge on any atom is -0.476 e. The lowest BCUT2D eigenvalue weighted by atomic mass is 10.7. The van der Waals surface area contributed by atoms with Crippen molar-refractivity contribution in [2.24, 2.45) is 0 Å². The van der Waals surface area contributed by atoms with Crippen LogP contribution in [0.4, 0.5) is 0 Å². The van der Waals surface area contributed by atoms with E-state index in [1.807, 2.05) is 6.92 Å². The molecule has 0 rings (SSSR count). The number of halogens is 1. The van der Waals surface area contributed by atoms with Crippen LogP contribution in [0.2, 0.25) is 0 Å². The van der Waals surface area contributed by atoms with Gasteiger partial charge in [-0.25, -0.2) is 0 Å². The molecule has 0 unspecified atom stereocenters. The molecule has 0 N–H and O–H groups in total. The third-order valence-electron chi connectivity index (χ3n) is 0.457. The summed E-state index contributed by atoms with van der Waals surface area (Å²) < 4.78 is 4.69. The van der Waals surface area contributed by atoms with Crippen LogP contribution in [0.25, 0.3) is 0 Å². The van der Waals surface area contributed by atoms with Gasteiger partial charge in [0.1, 0.15) is 6.61 Å². The Morgan fingerprint density at radius 2 is 2.14 bits per heavy atom.